The molecule has 1 nitrogen and oxygen atoms in total. The molecular formula is C7H13FO. The van der Waals surface area contributed by atoms with E-state index in [-0.39, 0.29) is 0 Å². The van der Waals surface area contributed by atoms with Crippen LogP contribution in [0, 0.1) is 0 Å². The van der Waals surface area contributed by atoms with Gasteiger partial charge in [0.25, 0.3) is 0 Å². The molecule has 0 amide bonds. The molecule has 2 heteroatoms. The summed E-state index contributed by atoms with van der Waals surface area (Å²) in [7, 11) is 0.500. The Hall–Kier alpha value is -0.400. The highest BCUT2D eigenvalue weighted by Gasteiger charge is 2.05. The number of Topliss-reactive ketones (excluding diaryl/α,β-unsaturated/α-hetero) is 1. The lowest BCUT2D eigenvalue weighted by atomic mass is 10.00. The van der Waals surface area contributed by atoms with E-state index in [4.69, 9.17) is 0 Å². The van der Waals surface area contributed by atoms with Crippen LogP contribution in [-0.4, -0.2) is 13.0 Å². The van der Waals surface area contributed by atoms with Crippen molar-refractivity contribution < 1.29 is 9.18 Å². The molecule has 0 N–H and O–H groups in total. The van der Waals surface area contributed by atoms with Gasteiger partial charge in [-0.25, -0.2) is 0 Å². The average molecular weight is 132 g/mol. The first-order valence-electron chi connectivity index (χ1n) is 3.29. The van der Waals surface area contributed by atoms with E-state index in [0.29, 0.717) is 13.0 Å². The van der Waals surface area contributed by atoms with Gasteiger partial charge in [-0.05, 0) is 12.8 Å². The van der Waals surface area contributed by atoms with E-state index >= 15 is 0 Å². The second-order valence-corrected chi connectivity index (χ2v) is 2.10. The molecule has 1 aliphatic rings. The number of hydrogen-bond donors (Lipinski definition) is 0. The number of ketones is 1. The minimum Gasteiger partial charge on any atom is -0.300 e. The summed E-state index contributed by atoms with van der Waals surface area (Å²) in [4.78, 5) is 10.5. The van der Waals surface area contributed by atoms with Gasteiger partial charge >= 0.3 is 0 Å². The average Bonchev–Trinajstić information content (AvgIpc) is 1.94. The molecule has 0 aromatic heterocycles. The van der Waals surface area contributed by atoms with E-state index < -0.39 is 0 Å². The third kappa shape index (κ3) is 4.13. The fraction of sp³-hybridized carbons (Fsp3) is 0.857. The van der Waals surface area contributed by atoms with E-state index in [2.05, 4.69) is 0 Å². The maximum atomic E-state index is 10.5. The maximum Gasteiger partial charge on any atom is 0.132 e. The number of hydrogen-bond acceptors (Lipinski definition) is 1. The van der Waals surface area contributed by atoms with Crippen LogP contribution >= 0.6 is 0 Å². The highest BCUT2D eigenvalue weighted by atomic mass is 19.1. The number of alkyl halides is 1. The van der Waals surface area contributed by atoms with Gasteiger partial charge in [0.2, 0.25) is 0 Å². The van der Waals surface area contributed by atoms with Crippen molar-refractivity contribution in [3.8, 4) is 0 Å². The van der Waals surface area contributed by atoms with Crippen LogP contribution in [0.4, 0.5) is 4.39 Å². The van der Waals surface area contributed by atoms with E-state index in [1.54, 1.807) is 0 Å². The minimum atomic E-state index is 0.464. The molecule has 0 saturated heterocycles. The SMILES string of the molecule is CF.O=C1CCCCC1. The van der Waals surface area contributed by atoms with Crippen molar-refractivity contribution in [2.75, 3.05) is 7.18 Å². The summed E-state index contributed by atoms with van der Waals surface area (Å²) in [5.74, 6) is 0.464. The van der Waals surface area contributed by atoms with Gasteiger partial charge in [0.05, 0.1) is 7.18 Å². The molecule has 0 aromatic carbocycles. The molecular weight excluding hydrogens is 119 g/mol. The van der Waals surface area contributed by atoms with Crippen molar-refractivity contribution >= 4 is 5.78 Å². The molecule has 9 heavy (non-hydrogen) atoms. The summed E-state index contributed by atoms with van der Waals surface area (Å²) >= 11 is 0. The summed E-state index contributed by atoms with van der Waals surface area (Å²) in [6.07, 6.45) is 5.24. The number of carbonyl (C=O) groups excluding carboxylic acids is 1. The zero-order valence-electron chi connectivity index (χ0n) is 5.82. The van der Waals surface area contributed by atoms with Crippen LogP contribution < -0.4 is 0 Å². The van der Waals surface area contributed by atoms with Crippen LogP contribution in [0.15, 0.2) is 0 Å². The smallest absolute Gasteiger partial charge is 0.132 e. The number of carbonyl (C=O) groups is 1. The van der Waals surface area contributed by atoms with Gasteiger partial charge in [-0.3, -0.25) is 9.18 Å². The normalized spacial score (nSPS) is 18.2. The van der Waals surface area contributed by atoms with Crippen molar-refractivity contribution in [1.82, 2.24) is 0 Å². The zero-order chi connectivity index (χ0) is 7.11. The van der Waals surface area contributed by atoms with E-state index in [0.717, 1.165) is 25.7 Å². The molecule has 1 saturated carbocycles. The molecule has 0 unspecified atom stereocenters. The topological polar surface area (TPSA) is 17.1 Å². The molecule has 54 valence electrons. The Labute approximate surface area is 55.3 Å². The summed E-state index contributed by atoms with van der Waals surface area (Å²) < 4.78 is 9.50. The van der Waals surface area contributed by atoms with E-state index in [9.17, 15) is 9.18 Å². The Morgan fingerprint density at radius 2 is 1.56 bits per heavy atom. The molecule has 0 bridgehead atoms. The van der Waals surface area contributed by atoms with Crippen molar-refractivity contribution in [2.45, 2.75) is 32.1 Å². The predicted octanol–water partition coefficient (Wildman–Crippen LogP) is 2.11. The van der Waals surface area contributed by atoms with Crippen molar-refractivity contribution in [1.29, 1.82) is 0 Å². The molecule has 0 spiro atoms. The fourth-order valence-electron chi connectivity index (χ4n) is 0.946. The second-order valence-electron chi connectivity index (χ2n) is 2.10. The van der Waals surface area contributed by atoms with Crippen molar-refractivity contribution in [3.63, 3.8) is 0 Å². The standard InChI is InChI=1S/C6H10O.CH3F/c7-6-4-2-1-3-5-6;1-2/h1-5H2;1H3. The Bertz CT molecular complexity index is 73.0. The first-order chi connectivity index (χ1) is 4.39. The number of halogens is 1. The molecule has 0 aliphatic heterocycles. The lowest BCUT2D eigenvalue weighted by Gasteiger charge is -2.05. The summed E-state index contributed by atoms with van der Waals surface area (Å²) in [5.41, 5.74) is 0. The first kappa shape index (κ1) is 8.60. The van der Waals surface area contributed by atoms with Crippen molar-refractivity contribution in [2.24, 2.45) is 0 Å². The quantitative estimate of drug-likeness (QED) is 0.493. The minimum absolute atomic E-state index is 0.464. The second kappa shape index (κ2) is 5.73. The largest absolute Gasteiger partial charge is 0.300 e. The lowest BCUT2D eigenvalue weighted by molar-refractivity contribution is -0.120. The molecule has 1 rings (SSSR count). The van der Waals surface area contributed by atoms with Crippen LogP contribution in [0.1, 0.15) is 32.1 Å². The number of rotatable bonds is 0. The van der Waals surface area contributed by atoms with Crippen LogP contribution in [0.2, 0.25) is 0 Å². The summed E-state index contributed by atoms with van der Waals surface area (Å²) in [5, 5.41) is 0. The van der Waals surface area contributed by atoms with E-state index in [1.807, 2.05) is 0 Å². The van der Waals surface area contributed by atoms with Crippen LogP contribution in [0.3, 0.4) is 0 Å². The Balaban J connectivity index is 0.000000291. The van der Waals surface area contributed by atoms with Gasteiger partial charge < -0.3 is 0 Å². The highest BCUT2D eigenvalue weighted by molar-refractivity contribution is 5.78. The Morgan fingerprint density at radius 3 is 1.78 bits per heavy atom. The van der Waals surface area contributed by atoms with Gasteiger partial charge in [0.15, 0.2) is 0 Å². The monoisotopic (exact) mass is 132 g/mol. The van der Waals surface area contributed by atoms with Gasteiger partial charge in [-0.1, -0.05) is 6.42 Å². The van der Waals surface area contributed by atoms with Crippen LogP contribution in [0.25, 0.3) is 0 Å². The molecule has 0 atom stereocenters. The fourth-order valence-corrected chi connectivity index (χ4v) is 0.946. The summed E-state index contributed by atoms with van der Waals surface area (Å²) in [6.45, 7) is 0. The highest BCUT2D eigenvalue weighted by Crippen LogP contribution is 2.12. The van der Waals surface area contributed by atoms with Crippen molar-refractivity contribution in [3.05, 3.63) is 0 Å². The third-order valence-electron chi connectivity index (χ3n) is 1.41. The Morgan fingerprint density at radius 1 is 1.11 bits per heavy atom. The zero-order valence-corrected chi connectivity index (χ0v) is 5.82. The molecule has 0 heterocycles. The van der Waals surface area contributed by atoms with Gasteiger partial charge in [0.1, 0.15) is 5.78 Å². The van der Waals surface area contributed by atoms with E-state index in [1.165, 1.54) is 6.42 Å². The van der Waals surface area contributed by atoms with Crippen LogP contribution in [-0.2, 0) is 4.79 Å². The predicted molar refractivity (Wildman–Crippen MR) is 35.1 cm³/mol. The maximum absolute atomic E-state index is 10.5. The summed E-state index contributed by atoms with van der Waals surface area (Å²) in [6, 6.07) is 0. The van der Waals surface area contributed by atoms with Crippen LogP contribution in [0.5, 0.6) is 0 Å². The Kier molecular flexibility index (Phi) is 5.48. The van der Waals surface area contributed by atoms with Gasteiger partial charge in [-0.15, -0.1) is 0 Å². The van der Waals surface area contributed by atoms with Gasteiger partial charge in [0, 0.05) is 12.8 Å². The molecule has 1 aliphatic carbocycles. The third-order valence-corrected chi connectivity index (χ3v) is 1.41. The molecule has 1 fully saturated rings. The first-order valence-corrected chi connectivity index (χ1v) is 3.29. The molecule has 0 radical (unpaired) electrons. The van der Waals surface area contributed by atoms with Gasteiger partial charge in [-0.2, -0.15) is 0 Å². The molecule has 0 aromatic rings. The lowest BCUT2D eigenvalue weighted by Crippen LogP contribution is -2.02.